The molecule has 130 valence electrons. The summed E-state index contributed by atoms with van der Waals surface area (Å²) in [6.45, 7) is 2.72. The molecule has 2 aromatic carbocycles. The van der Waals surface area contributed by atoms with Crippen molar-refractivity contribution in [2.45, 2.75) is 13.5 Å². The summed E-state index contributed by atoms with van der Waals surface area (Å²) in [5.41, 5.74) is 4.76. The van der Waals surface area contributed by atoms with Crippen molar-refractivity contribution in [2.75, 3.05) is 5.32 Å². The first-order valence-corrected chi connectivity index (χ1v) is 9.14. The molecule has 0 radical (unpaired) electrons. The SMILES string of the molecule is Cc1ccc(Br)c2nc(-c3ccc(F)cc3)c(NCc3ccccc3)n12. The molecule has 0 aliphatic heterocycles. The summed E-state index contributed by atoms with van der Waals surface area (Å²) in [5.74, 6) is 0.642. The largest absolute Gasteiger partial charge is 0.365 e. The normalized spacial score (nSPS) is 11.0. The summed E-state index contributed by atoms with van der Waals surface area (Å²) >= 11 is 3.59. The standard InChI is InChI=1S/C21H17BrFN3/c1-14-7-12-18(22)20-25-19(16-8-10-17(23)11-9-16)21(26(14)20)24-13-15-5-3-2-4-6-15/h2-12,24H,13H2,1H3. The van der Waals surface area contributed by atoms with Crippen LogP contribution in [0.15, 0.2) is 71.2 Å². The lowest BCUT2D eigenvalue weighted by molar-refractivity contribution is 0.628. The molecule has 0 atom stereocenters. The Balaban J connectivity index is 1.85. The molecule has 0 amide bonds. The number of benzene rings is 2. The van der Waals surface area contributed by atoms with Crippen LogP contribution in [-0.2, 0) is 6.54 Å². The maximum atomic E-state index is 13.4. The fraction of sp³-hybridized carbons (Fsp3) is 0.0952. The van der Waals surface area contributed by atoms with Gasteiger partial charge >= 0.3 is 0 Å². The number of hydrogen-bond acceptors (Lipinski definition) is 2. The number of anilines is 1. The topological polar surface area (TPSA) is 29.3 Å². The Kier molecular flexibility index (Phi) is 4.47. The van der Waals surface area contributed by atoms with Crippen molar-refractivity contribution < 1.29 is 4.39 Å². The molecular formula is C21H17BrFN3. The third-order valence-electron chi connectivity index (χ3n) is 4.34. The summed E-state index contributed by atoms with van der Waals surface area (Å²) in [7, 11) is 0. The summed E-state index contributed by atoms with van der Waals surface area (Å²) < 4.78 is 16.4. The number of rotatable bonds is 4. The Morgan fingerprint density at radius 1 is 1.00 bits per heavy atom. The monoisotopic (exact) mass is 409 g/mol. The van der Waals surface area contributed by atoms with Crippen LogP contribution in [0.5, 0.6) is 0 Å². The van der Waals surface area contributed by atoms with E-state index in [1.54, 1.807) is 12.1 Å². The number of pyridine rings is 1. The molecule has 26 heavy (non-hydrogen) atoms. The van der Waals surface area contributed by atoms with E-state index < -0.39 is 0 Å². The number of hydrogen-bond donors (Lipinski definition) is 1. The van der Waals surface area contributed by atoms with Gasteiger partial charge in [-0.15, -0.1) is 0 Å². The van der Waals surface area contributed by atoms with Gasteiger partial charge in [0.05, 0.1) is 4.47 Å². The van der Waals surface area contributed by atoms with E-state index >= 15 is 0 Å². The maximum Gasteiger partial charge on any atom is 0.153 e. The lowest BCUT2D eigenvalue weighted by Crippen LogP contribution is -2.05. The fourth-order valence-corrected chi connectivity index (χ4v) is 3.42. The summed E-state index contributed by atoms with van der Waals surface area (Å²) in [6.07, 6.45) is 0. The minimum Gasteiger partial charge on any atom is -0.365 e. The van der Waals surface area contributed by atoms with Crippen LogP contribution in [0.1, 0.15) is 11.3 Å². The van der Waals surface area contributed by atoms with Crippen molar-refractivity contribution in [3.05, 3.63) is 88.3 Å². The molecular weight excluding hydrogens is 393 g/mol. The van der Waals surface area contributed by atoms with Crippen molar-refractivity contribution in [1.82, 2.24) is 9.38 Å². The second kappa shape index (κ2) is 6.92. The molecule has 4 aromatic rings. The van der Waals surface area contributed by atoms with Crippen LogP contribution in [0.2, 0.25) is 0 Å². The number of aromatic nitrogens is 2. The van der Waals surface area contributed by atoms with Crippen molar-refractivity contribution >= 4 is 27.4 Å². The van der Waals surface area contributed by atoms with E-state index in [9.17, 15) is 4.39 Å². The summed E-state index contributed by atoms with van der Waals surface area (Å²) in [5, 5.41) is 3.52. The first kappa shape index (κ1) is 16.8. The molecule has 0 aliphatic rings. The van der Waals surface area contributed by atoms with Crippen LogP contribution in [0, 0.1) is 12.7 Å². The second-order valence-electron chi connectivity index (χ2n) is 6.14. The number of nitrogens with one attached hydrogen (secondary N) is 1. The molecule has 0 aliphatic carbocycles. The molecule has 0 fully saturated rings. The van der Waals surface area contributed by atoms with Crippen LogP contribution in [0.4, 0.5) is 10.2 Å². The average molecular weight is 410 g/mol. The highest BCUT2D eigenvalue weighted by Crippen LogP contribution is 2.33. The van der Waals surface area contributed by atoms with E-state index in [2.05, 4.69) is 37.8 Å². The van der Waals surface area contributed by atoms with E-state index in [-0.39, 0.29) is 5.82 Å². The molecule has 5 heteroatoms. The Hall–Kier alpha value is -2.66. The number of halogens is 2. The van der Waals surface area contributed by atoms with Gasteiger partial charge in [0.2, 0.25) is 0 Å². The summed E-state index contributed by atoms with van der Waals surface area (Å²) in [4.78, 5) is 4.82. The Labute approximate surface area is 159 Å². The van der Waals surface area contributed by atoms with Gasteiger partial charge in [-0.1, -0.05) is 30.3 Å². The minimum atomic E-state index is -0.256. The van der Waals surface area contributed by atoms with E-state index in [1.807, 2.05) is 37.3 Å². The van der Waals surface area contributed by atoms with Crippen molar-refractivity contribution in [3.63, 3.8) is 0 Å². The zero-order valence-corrected chi connectivity index (χ0v) is 15.8. The van der Waals surface area contributed by atoms with Gasteiger partial charge in [-0.2, -0.15) is 0 Å². The molecule has 0 unspecified atom stereocenters. The van der Waals surface area contributed by atoms with Crippen molar-refractivity contribution in [2.24, 2.45) is 0 Å². The molecule has 2 heterocycles. The van der Waals surface area contributed by atoms with E-state index in [4.69, 9.17) is 4.98 Å². The van der Waals surface area contributed by atoms with E-state index in [1.165, 1.54) is 17.7 Å². The smallest absolute Gasteiger partial charge is 0.153 e. The van der Waals surface area contributed by atoms with Gasteiger partial charge in [-0.05, 0) is 64.8 Å². The minimum absolute atomic E-state index is 0.256. The van der Waals surface area contributed by atoms with Gasteiger partial charge in [-0.3, -0.25) is 4.40 Å². The predicted octanol–water partition coefficient (Wildman–Crippen LogP) is 5.82. The highest BCUT2D eigenvalue weighted by molar-refractivity contribution is 9.10. The molecule has 0 spiro atoms. The van der Waals surface area contributed by atoms with Crippen molar-refractivity contribution in [1.29, 1.82) is 0 Å². The third-order valence-corrected chi connectivity index (χ3v) is 4.95. The Morgan fingerprint density at radius 3 is 2.46 bits per heavy atom. The highest BCUT2D eigenvalue weighted by atomic mass is 79.9. The molecule has 0 bridgehead atoms. The zero-order valence-electron chi connectivity index (χ0n) is 14.2. The van der Waals surface area contributed by atoms with Crippen molar-refractivity contribution in [3.8, 4) is 11.3 Å². The summed E-state index contributed by atoms with van der Waals surface area (Å²) in [6, 6.07) is 20.7. The molecule has 1 N–H and O–H groups in total. The maximum absolute atomic E-state index is 13.4. The van der Waals surface area contributed by atoms with Crippen LogP contribution in [0.25, 0.3) is 16.9 Å². The number of imidazole rings is 1. The second-order valence-corrected chi connectivity index (χ2v) is 6.99. The third kappa shape index (κ3) is 3.10. The van der Waals surface area contributed by atoms with E-state index in [0.717, 1.165) is 32.9 Å². The molecule has 2 aromatic heterocycles. The molecule has 0 saturated heterocycles. The molecule has 3 nitrogen and oxygen atoms in total. The molecule has 0 saturated carbocycles. The van der Waals surface area contributed by atoms with Gasteiger partial charge in [0.15, 0.2) is 5.65 Å². The van der Waals surface area contributed by atoms with Gasteiger partial charge in [0.25, 0.3) is 0 Å². The number of fused-ring (bicyclic) bond motifs is 1. The first-order valence-electron chi connectivity index (χ1n) is 8.35. The van der Waals surface area contributed by atoms with Crippen LogP contribution in [0.3, 0.4) is 0 Å². The number of nitrogens with zero attached hydrogens (tertiary/aromatic N) is 2. The predicted molar refractivity (Wildman–Crippen MR) is 107 cm³/mol. The first-order chi connectivity index (χ1) is 12.6. The Bertz CT molecular complexity index is 1060. The van der Waals surface area contributed by atoms with Crippen LogP contribution in [-0.4, -0.2) is 9.38 Å². The lowest BCUT2D eigenvalue weighted by Gasteiger charge is -2.11. The van der Waals surface area contributed by atoms with Gasteiger partial charge in [-0.25, -0.2) is 9.37 Å². The van der Waals surface area contributed by atoms with Crippen LogP contribution >= 0.6 is 15.9 Å². The Morgan fingerprint density at radius 2 is 1.73 bits per heavy atom. The quantitative estimate of drug-likeness (QED) is 0.459. The average Bonchev–Trinajstić information content (AvgIpc) is 3.05. The highest BCUT2D eigenvalue weighted by Gasteiger charge is 2.17. The van der Waals surface area contributed by atoms with Gasteiger partial charge in [0, 0.05) is 17.8 Å². The van der Waals surface area contributed by atoms with Gasteiger partial charge < -0.3 is 5.32 Å². The van der Waals surface area contributed by atoms with Crippen LogP contribution < -0.4 is 5.32 Å². The van der Waals surface area contributed by atoms with E-state index in [0.29, 0.717) is 6.54 Å². The fourth-order valence-electron chi connectivity index (χ4n) is 3.02. The van der Waals surface area contributed by atoms with Gasteiger partial charge in [0.1, 0.15) is 17.3 Å². The number of aryl methyl sites for hydroxylation is 1. The zero-order chi connectivity index (χ0) is 18.1. The molecule has 4 rings (SSSR count). The lowest BCUT2D eigenvalue weighted by atomic mass is 10.1.